The van der Waals surface area contributed by atoms with Gasteiger partial charge in [-0.15, -0.1) is 24.8 Å². The molecule has 1 saturated heterocycles. The number of aryl methyl sites for hydroxylation is 1. The van der Waals surface area contributed by atoms with Gasteiger partial charge < -0.3 is 10.6 Å². The second kappa shape index (κ2) is 9.18. The second-order valence-electron chi connectivity index (χ2n) is 6.34. The van der Waals surface area contributed by atoms with Crippen molar-refractivity contribution in [1.82, 2.24) is 9.88 Å². The molecule has 25 heavy (non-hydrogen) atoms. The number of likely N-dealkylation sites (tertiary alicyclic amines) is 1. The van der Waals surface area contributed by atoms with Gasteiger partial charge >= 0.3 is 0 Å². The quantitative estimate of drug-likeness (QED) is 0.881. The molecule has 3 rings (SSSR count). The summed E-state index contributed by atoms with van der Waals surface area (Å²) in [5.74, 6) is 0.476. The first-order valence-electron chi connectivity index (χ1n) is 8.14. The average Bonchev–Trinajstić information content (AvgIpc) is 2.96. The molecule has 1 amide bonds. The highest BCUT2D eigenvalue weighted by Gasteiger charge is 2.32. The molecule has 1 aliphatic rings. The third-order valence-corrected chi connectivity index (χ3v) is 4.64. The van der Waals surface area contributed by atoms with Crippen molar-refractivity contribution in [3.63, 3.8) is 0 Å². The Morgan fingerprint density at radius 2 is 1.88 bits per heavy atom. The van der Waals surface area contributed by atoms with E-state index in [1.807, 2.05) is 54.3 Å². The van der Waals surface area contributed by atoms with Crippen LogP contribution in [0.3, 0.4) is 0 Å². The number of aromatic nitrogens is 1. The Bertz CT molecular complexity index is 709. The van der Waals surface area contributed by atoms with Crippen LogP contribution in [0.5, 0.6) is 0 Å². The van der Waals surface area contributed by atoms with Crippen molar-refractivity contribution in [2.75, 3.05) is 13.1 Å². The van der Waals surface area contributed by atoms with Crippen LogP contribution in [-0.4, -0.2) is 34.9 Å². The van der Waals surface area contributed by atoms with Crippen molar-refractivity contribution in [3.8, 4) is 11.3 Å². The number of carbonyl (C=O) groups is 1. The molecular formula is C19H25Cl2N3O. The maximum absolute atomic E-state index is 12.8. The average molecular weight is 382 g/mol. The summed E-state index contributed by atoms with van der Waals surface area (Å²) >= 11 is 0. The summed E-state index contributed by atoms with van der Waals surface area (Å²) in [5.41, 5.74) is 9.19. The number of nitrogens with zero attached hydrogens (tertiary/aromatic N) is 2. The van der Waals surface area contributed by atoms with E-state index in [1.54, 1.807) is 0 Å². The van der Waals surface area contributed by atoms with Gasteiger partial charge in [0, 0.05) is 18.2 Å². The van der Waals surface area contributed by atoms with Crippen LogP contribution in [0.25, 0.3) is 11.3 Å². The van der Waals surface area contributed by atoms with Gasteiger partial charge in [-0.05, 0) is 44.9 Å². The van der Waals surface area contributed by atoms with Crippen LogP contribution in [0.1, 0.15) is 29.4 Å². The van der Waals surface area contributed by atoms with Crippen LogP contribution in [0.4, 0.5) is 0 Å². The van der Waals surface area contributed by atoms with Gasteiger partial charge in [-0.1, -0.05) is 30.3 Å². The van der Waals surface area contributed by atoms with Gasteiger partial charge in [-0.25, -0.2) is 0 Å². The highest BCUT2D eigenvalue weighted by molar-refractivity contribution is 5.96. The number of nitrogens with two attached hydrogens (primary N) is 1. The zero-order valence-electron chi connectivity index (χ0n) is 14.5. The van der Waals surface area contributed by atoms with E-state index in [9.17, 15) is 4.79 Å². The van der Waals surface area contributed by atoms with E-state index in [2.05, 4.69) is 11.9 Å². The molecule has 4 nitrogen and oxygen atoms in total. The van der Waals surface area contributed by atoms with E-state index >= 15 is 0 Å². The minimum absolute atomic E-state index is 0. The Morgan fingerprint density at radius 3 is 2.44 bits per heavy atom. The Labute approximate surface area is 161 Å². The summed E-state index contributed by atoms with van der Waals surface area (Å²) in [5, 5.41) is 0. The molecule has 1 aliphatic heterocycles. The Balaban J connectivity index is 0.00000156. The number of rotatable bonds is 3. The van der Waals surface area contributed by atoms with Crippen molar-refractivity contribution in [1.29, 1.82) is 0 Å². The lowest BCUT2D eigenvalue weighted by Crippen LogP contribution is -2.35. The number of amides is 1. The minimum Gasteiger partial charge on any atom is -0.336 e. The van der Waals surface area contributed by atoms with E-state index in [0.717, 1.165) is 29.9 Å². The van der Waals surface area contributed by atoms with Crippen molar-refractivity contribution < 1.29 is 4.79 Å². The topological polar surface area (TPSA) is 59.2 Å². The van der Waals surface area contributed by atoms with Crippen LogP contribution in [-0.2, 0) is 0 Å². The lowest BCUT2D eigenvalue weighted by molar-refractivity contribution is 0.0742. The molecule has 2 heterocycles. The van der Waals surface area contributed by atoms with Gasteiger partial charge in [-0.2, -0.15) is 0 Å². The molecule has 1 aromatic carbocycles. The molecule has 0 saturated carbocycles. The lowest BCUT2D eigenvalue weighted by Gasteiger charge is -2.22. The number of hydrogen-bond acceptors (Lipinski definition) is 3. The van der Waals surface area contributed by atoms with E-state index in [-0.39, 0.29) is 36.8 Å². The maximum Gasteiger partial charge on any atom is 0.255 e. The molecule has 1 fully saturated rings. The summed E-state index contributed by atoms with van der Waals surface area (Å²) in [6.07, 6.45) is 0.983. The number of halogens is 2. The van der Waals surface area contributed by atoms with Gasteiger partial charge in [0.15, 0.2) is 0 Å². The first kappa shape index (κ1) is 21.4. The highest BCUT2D eigenvalue weighted by atomic mass is 35.5. The molecule has 0 aliphatic carbocycles. The standard InChI is InChI=1S/C19H23N3O.2ClH/c1-13-10-15(11-20)12-22(13)19(23)17-8-9-18(21-14(17)2)16-6-4-3-5-7-16;;/h3-9,13,15H,10-12,20H2,1-2H3;2*1H. The number of hydrogen-bond donors (Lipinski definition) is 1. The molecule has 2 aromatic rings. The number of carbonyl (C=O) groups excluding carboxylic acids is 1. The first-order valence-corrected chi connectivity index (χ1v) is 8.14. The maximum atomic E-state index is 12.8. The van der Waals surface area contributed by atoms with Gasteiger partial charge in [0.1, 0.15) is 0 Å². The summed E-state index contributed by atoms with van der Waals surface area (Å²) < 4.78 is 0. The second-order valence-corrected chi connectivity index (χ2v) is 6.34. The third-order valence-electron chi connectivity index (χ3n) is 4.64. The predicted octanol–water partition coefficient (Wildman–Crippen LogP) is 3.71. The summed E-state index contributed by atoms with van der Waals surface area (Å²) in [4.78, 5) is 19.4. The molecular weight excluding hydrogens is 357 g/mol. The van der Waals surface area contributed by atoms with Crippen molar-refractivity contribution in [3.05, 3.63) is 53.7 Å². The lowest BCUT2D eigenvalue weighted by atomic mass is 10.1. The van der Waals surface area contributed by atoms with Gasteiger partial charge in [0.2, 0.25) is 0 Å². The predicted molar refractivity (Wildman–Crippen MR) is 107 cm³/mol. The number of pyridine rings is 1. The largest absolute Gasteiger partial charge is 0.336 e. The zero-order valence-corrected chi connectivity index (χ0v) is 16.1. The van der Waals surface area contributed by atoms with E-state index in [4.69, 9.17) is 5.73 Å². The van der Waals surface area contributed by atoms with Crippen LogP contribution in [0.15, 0.2) is 42.5 Å². The first-order chi connectivity index (χ1) is 11.1. The Kier molecular flexibility index (Phi) is 7.87. The molecule has 0 radical (unpaired) electrons. The minimum atomic E-state index is 0. The van der Waals surface area contributed by atoms with Gasteiger partial charge in [0.05, 0.1) is 17.0 Å². The Morgan fingerprint density at radius 1 is 1.20 bits per heavy atom. The molecule has 6 heteroatoms. The van der Waals surface area contributed by atoms with E-state index in [1.165, 1.54) is 0 Å². The van der Waals surface area contributed by atoms with Crippen LogP contribution in [0, 0.1) is 12.8 Å². The molecule has 1 aromatic heterocycles. The summed E-state index contributed by atoms with van der Waals surface area (Å²) in [6, 6.07) is 14.1. The van der Waals surface area contributed by atoms with Crippen molar-refractivity contribution in [2.45, 2.75) is 26.3 Å². The smallest absolute Gasteiger partial charge is 0.255 e. The summed E-state index contributed by atoms with van der Waals surface area (Å²) in [6.45, 7) is 5.38. The summed E-state index contributed by atoms with van der Waals surface area (Å²) in [7, 11) is 0. The highest BCUT2D eigenvalue weighted by Crippen LogP contribution is 2.26. The van der Waals surface area contributed by atoms with Crippen LogP contribution >= 0.6 is 24.8 Å². The fraction of sp³-hybridized carbons (Fsp3) is 0.368. The normalized spacial score (nSPS) is 19.1. The molecule has 136 valence electrons. The van der Waals surface area contributed by atoms with Crippen LogP contribution in [0.2, 0.25) is 0 Å². The van der Waals surface area contributed by atoms with E-state index < -0.39 is 0 Å². The Hall–Kier alpha value is -1.62. The van der Waals surface area contributed by atoms with Gasteiger partial charge in [-0.3, -0.25) is 9.78 Å². The molecule has 2 atom stereocenters. The van der Waals surface area contributed by atoms with E-state index in [0.29, 0.717) is 18.0 Å². The van der Waals surface area contributed by atoms with Crippen molar-refractivity contribution >= 4 is 30.7 Å². The SMILES string of the molecule is Cc1nc(-c2ccccc2)ccc1C(=O)N1CC(CN)CC1C.Cl.Cl. The fourth-order valence-corrected chi connectivity index (χ4v) is 3.31. The van der Waals surface area contributed by atoms with Crippen LogP contribution < -0.4 is 5.73 Å². The molecule has 0 spiro atoms. The zero-order chi connectivity index (χ0) is 16.4. The molecule has 2 N–H and O–H groups in total. The number of benzene rings is 1. The van der Waals surface area contributed by atoms with Gasteiger partial charge in [0.25, 0.3) is 5.91 Å². The fourth-order valence-electron chi connectivity index (χ4n) is 3.31. The molecule has 0 bridgehead atoms. The molecule has 2 unspecified atom stereocenters. The monoisotopic (exact) mass is 381 g/mol. The third kappa shape index (κ3) is 4.51. The van der Waals surface area contributed by atoms with Crippen molar-refractivity contribution in [2.24, 2.45) is 11.7 Å².